The van der Waals surface area contributed by atoms with E-state index in [-0.39, 0.29) is 5.69 Å². The van der Waals surface area contributed by atoms with Crippen molar-refractivity contribution in [2.24, 2.45) is 5.73 Å². The van der Waals surface area contributed by atoms with Crippen LogP contribution in [0.5, 0.6) is 0 Å². The maximum Gasteiger partial charge on any atom is 0.270 e. The Balaban J connectivity index is 2.54. The molecule has 2 aromatic rings. The molecule has 0 aliphatic carbocycles. The summed E-state index contributed by atoms with van der Waals surface area (Å²) in [5.74, 6) is 0.458. The molecule has 2 N–H and O–H groups in total. The van der Waals surface area contributed by atoms with Crippen molar-refractivity contribution in [2.45, 2.75) is 13.5 Å². The minimum atomic E-state index is -0.435. The van der Waals surface area contributed by atoms with Gasteiger partial charge in [0.25, 0.3) is 5.69 Å². The van der Waals surface area contributed by atoms with Crippen LogP contribution in [0.3, 0.4) is 0 Å². The third-order valence-electron chi connectivity index (χ3n) is 2.60. The number of nitro benzene ring substituents is 1. The van der Waals surface area contributed by atoms with Gasteiger partial charge in [-0.3, -0.25) is 10.1 Å². The van der Waals surface area contributed by atoms with Gasteiger partial charge in [0.2, 0.25) is 0 Å². The van der Waals surface area contributed by atoms with Crippen molar-refractivity contribution in [2.75, 3.05) is 0 Å². The van der Waals surface area contributed by atoms with E-state index in [1.807, 2.05) is 6.92 Å². The quantitative estimate of drug-likeness (QED) is 0.656. The fourth-order valence-corrected chi connectivity index (χ4v) is 1.60. The van der Waals surface area contributed by atoms with Crippen molar-refractivity contribution in [3.05, 3.63) is 51.8 Å². The lowest BCUT2D eigenvalue weighted by molar-refractivity contribution is -0.384. The largest absolute Gasteiger partial charge is 0.325 e. The summed E-state index contributed by atoms with van der Waals surface area (Å²) in [5.41, 5.74) is 7.78. The van der Waals surface area contributed by atoms with E-state index in [4.69, 9.17) is 5.73 Å². The van der Waals surface area contributed by atoms with Crippen molar-refractivity contribution in [1.82, 2.24) is 9.97 Å². The van der Waals surface area contributed by atoms with Gasteiger partial charge in [-0.25, -0.2) is 9.97 Å². The molecular weight excluding hydrogens is 232 g/mol. The lowest BCUT2D eigenvalue weighted by atomic mass is 10.1. The van der Waals surface area contributed by atoms with Gasteiger partial charge in [0.15, 0.2) is 5.82 Å². The monoisotopic (exact) mass is 244 g/mol. The third-order valence-corrected chi connectivity index (χ3v) is 2.60. The van der Waals surface area contributed by atoms with Gasteiger partial charge >= 0.3 is 0 Å². The summed E-state index contributed by atoms with van der Waals surface area (Å²) in [4.78, 5) is 18.7. The molecule has 0 aliphatic rings. The summed E-state index contributed by atoms with van der Waals surface area (Å²) < 4.78 is 0. The molecule has 6 heteroatoms. The van der Waals surface area contributed by atoms with Crippen molar-refractivity contribution in [3.63, 3.8) is 0 Å². The van der Waals surface area contributed by atoms with E-state index in [2.05, 4.69) is 9.97 Å². The number of nitro groups is 1. The molecular formula is C12H12N4O2. The molecule has 0 amide bonds. The van der Waals surface area contributed by atoms with Gasteiger partial charge in [0.1, 0.15) is 0 Å². The molecule has 0 saturated heterocycles. The summed E-state index contributed by atoms with van der Waals surface area (Å²) in [7, 11) is 0. The molecule has 0 spiro atoms. The normalized spacial score (nSPS) is 10.3. The Morgan fingerprint density at radius 2 is 2.17 bits per heavy atom. The van der Waals surface area contributed by atoms with Gasteiger partial charge in [-0.15, -0.1) is 0 Å². The highest BCUT2D eigenvalue weighted by Crippen LogP contribution is 2.24. The van der Waals surface area contributed by atoms with Crippen LogP contribution >= 0.6 is 0 Å². The van der Waals surface area contributed by atoms with E-state index in [9.17, 15) is 10.1 Å². The zero-order chi connectivity index (χ0) is 13.1. The highest BCUT2D eigenvalue weighted by Gasteiger charge is 2.12. The number of aryl methyl sites for hydroxylation is 1. The van der Waals surface area contributed by atoms with E-state index in [0.717, 1.165) is 5.56 Å². The summed E-state index contributed by atoms with van der Waals surface area (Å²) in [5, 5.41) is 10.8. The Labute approximate surface area is 104 Å². The summed E-state index contributed by atoms with van der Waals surface area (Å²) in [6, 6.07) is 6.35. The third kappa shape index (κ3) is 2.33. The lowest BCUT2D eigenvalue weighted by Gasteiger charge is -2.05. The second-order valence-corrected chi connectivity index (χ2v) is 3.83. The average molecular weight is 244 g/mol. The summed E-state index contributed by atoms with van der Waals surface area (Å²) >= 11 is 0. The molecule has 0 aliphatic heterocycles. The van der Waals surface area contributed by atoms with Gasteiger partial charge in [0.05, 0.1) is 10.6 Å². The Bertz CT molecular complexity index is 598. The van der Waals surface area contributed by atoms with Crippen LogP contribution in [0, 0.1) is 17.0 Å². The maximum atomic E-state index is 10.8. The van der Waals surface area contributed by atoms with Crippen LogP contribution in [-0.2, 0) is 6.54 Å². The van der Waals surface area contributed by atoms with Crippen LogP contribution < -0.4 is 5.73 Å². The molecule has 1 heterocycles. The second-order valence-electron chi connectivity index (χ2n) is 3.83. The minimum Gasteiger partial charge on any atom is -0.325 e. The van der Waals surface area contributed by atoms with Gasteiger partial charge in [-0.2, -0.15) is 0 Å². The Morgan fingerprint density at radius 3 is 2.83 bits per heavy atom. The molecule has 1 aromatic carbocycles. The number of hydrogen-bond donors (Lipinski definition) is 1. The average Bonchev–Trinajstić information content (AvgIpc) is 2.39. The Morgan fingerprint density at radius 1 is 1.39 bits per heavy atom. The maximum absolute atomic E-state index is 10.8. The van der Waals surface area contributed by atoms with Crippen LogP contribution in [0.1, 0.15) is 11.3 Å². The van der Waals surface area contributed by atoms with Crippen molar-refractivity contribution in [3.8, 4) is 11.4 Å². The smallest absolute Gasteiger partial charge is 0.270 e. The number of nitrogens with zero attached hydrogens (tertiary/aromatic N) is 3. The predicted molar refractivity (Wildman–Crippen MR) is 66.8 cm³/mol. The predicted octanol–water partition coefficient (Wildman–Crippen LogP) is 1.82. The molecule has 0 radical (unpaired) electrons. The second kappa shape index (κ2) is 4.89. The highest BCUT2D eigenvalue weighted by atomic mass is 16.6. The minimum absolute atomic E-state index is 0.0253. The van der Waals surface area contributed by atoms with E-state index in [1.165, 1.54) is 12.1 Å². The van der Waals surface area contributed by atoms with Gasteiger partial charge in [-0.1, -0.05) is 6.07 Å². The fourth-order valence-electron chi connectivity index (χ4n) is 1.60. The molecule has 92 valence electrons. The molecule has 0 saturated carbocycles. The molecule has 0 atom stereocenters. The van der Waals surface area contributed by atoms with E-state index < -0.39 is 4.92 Å². The molecule has 1 aromatic heterocycles. The first-order valence-corrected chi connectivity index (χ1v) is 5.39. The number of hydrogen-bond acceptors (Lipinski definition) is 5. The van der Waals surface area contributed by atoms with Crippen LogP contribution in [0.4, 0.5) is 5.69 Å². The number of benzene rings is 1. The van der Waals surface area contributed by atoms with Gasteiger partial charge in [0, 0.05) is 30.4 Å². The Kier molecular flexibility index (Phi) is 3.29. The zero-order valence-electron chi connectivity index (χ0n) is 9.83. The summed E-state index contributed by atoms with van der Waals surface area (Å²) in [6.45, 7) is 2.17. The SMILES string of the molecule is Cc1ccc([N+](=O)[O-])cc1-c1nccc(CN)n1. The number of nitrogens with two attached hydrogens (primary N) is 1. The zero-order valence-corrected chi connectivity index (χ0v) is 9.83. The lowest BCUT2D eigenvalue weighted by Crippen LogP contribution is -2.02. The molecule has 0 fully saturated rings. The van der Waals surface area contributed by atoms with E-state index >= 15 is 0 Å². The van der Waals surface area contributed by atoms with E-state index in [0.29, 0.717) is 23.6 Å². The molecule has 6 nitrogen and oxygen atoms in total. The van der Waals surface area contributed by atoms with Crippen molar-refractivity contribution < 1.29 is 4.92 Å². The molecule has 18 heavy (non-hydrogen) atoms. The van der Waals surface area contributed by atoms with Gasteiger partial charge in [-0.05, 0) is 18.6 Å². The number of aromatic nitrogens is 2. The van der Waals surface area contributed by atoms with Gasteiger partial charge < -0.3 is 5.73 Å². The first-order chi connectivity index (χ1) is 8.61. The standard InChI is InChI=1S/C12H12N4O2/c1-8-2-3-10(16(17)18)6-11(8)12-14-5-4-9(7-13)15-12/h2-6H,7,13H2,1H3. The fraction of sp³-hybridized carbons (Fsp3) is 0.167. The molecule has 0 bridgehead atoms. The topological polar surface area (TPSA) is 94.9 Å². The highest BCUT2D eigenvalue weighted by molar-refractivity contribution is 5.63. The van der Waals surface area contributed by atoms with Crippen LogP contribution in [0.15, 0.2) is 30.5 Å². The van der Waals surface area contributed by atoms with Crippen LogP contribution in [0.2, 0.25) is 0 Å². The van der Waals surface area contributed by atoms with Crippen molar-refractivity contribution >= 4 is 5.69 Å². The number of rotatable bonds is 3. The van der Waals surface area contributed by atoms with E-state index in [1.54, 1.807) is 18.3 Å². The number of non-ortho nitro benzene ring substituents is 1. The van der Waals surface area contributed by atoms with Crippen molar-refractivity contribution in [1.29, 1.82) is 0 Å². The van der Waals surface area contributed by atoms with Crippen LogP contribution in [0.25, 0.3) is 11.4 Å². The first-order valence-electron chi connectivity index (χ1n) is 5.39. The van der Waals surface area contributed by atoms with Crippen LogP contribution in [-0.4, -0.2) is 14.9 Å². The molecule has 2 rings (SSSR count). The first kappa shape index (κ1) is 12.1. The Hall–Kier alpha value is -2.34. The molecule has 0 unspecified atom stereocenters. The summed E-state index contributed by atoms with van der Waals surface area (Å²) in [6.07, 6.45) is 1.60.